The highest BCUT2D eigenvalue weighted by molar-refractivity contribution is 4.86. The Bertz CT molecular complexity index is 124. The molecule has 0 aromatic rings. The van der Waals surface area contributed by atoms with Gasteiger partial charge in [-0.1, -0.05) is 13.8 Å². The van der Waals surface area contributed by atoms with Crippen LogP contribution in [0.15, 0.2) is 0 Å². The topological polar surface area (TPSA) is 3.24 Å². The first-order chi connectivity index (χ1) is 5.54. The maximum Gasteiger partial charge on any atom is 0.0101 e. The molecule has 1 heterocycles. The van der Waals surface area contributed by atoms with Crippen LogP contribution in [0.5, 0.6) is 0 Å². The minimum atomic E-state index is 0.726. The number of likely N-dealkylation sites (tertiary alicyclic amines) is 1. The maximum absolute atomic E-state index is 2.63. The zero-order chi connectivity index (χ0) is 9.30. The third-order valence-electron chi connectivity index (χ3n) is 3.38. The van der Waals surface area contributed by atoms with Crippen molar-refractivity contribution in [2.24, 2.45) is 11.8 Å². The van der Waals surface area contributed by atoms with Crippen LogP contribution in [0.2, 0.25) is 0 Å². The van der Waals surface area contributed by atoms with E-state index >= 15 is 0 Å². The molecule has 0 amide bonds. The van der Waals surface area contributed by atoms with E-state index in [9.17, 15) is 0 Å². The Balaban J connectivity index is 2.55. The highest BCUT2D eigenvalue weighted by Gasteiger charge is 2.33. The van der Waals surface area contributed by atoms with Gasteiger partial charge in [-0.05, 0) is 45.6 Å². The first kappa shape index (κ1) is 10.0. The fourth-order valence-corrected chi connectivity index (χ4v) is 2.61. The SMILES string of the molecule is CC(C)[C@H]1CCN(C(C)C)[C@@H]1C. The number of hydrogen-bond donors (Lipinski definition) is 0. The van der Waals surface area contributed by atoms with E-state index < -0.39 is 0 Å². The lowest BCUT2D eigenvalue weighted by atomic mass is 9.89. The Morgan fingerprint density at radius 3 is 2.00 bits per heavy atom. The van der Waals surface area contributed by atoms with Gasteiger partial charge >= 0.3 is 0 Å². The molecule has 0 bridgehead atoms. The van der Waals surface area contributed by atoms with Gasteiger partial charge in [-0.25, -0.2) is 0 Å². The van der Waals surface area contributed by atoms with Gasteiger partial charge in [0.1, 0.15) is 0 Å². The second-order valence-corrected chi connectivity index (χ2v) is 4.77. The number of rotatable bonds is 2. The van der Waals surface area contributed by atoms with Crippen molar-refractivity contribution in [3.63, 3.8) is 0 Å². The van der Waals surface area contributed by atoms with Crippen molar-refractivity contribution < 1.29 is 0 Å². The minimum Gasteiger partial charge on any atom is -0.298 e. The summed E-state index contributed by atoms with van der Waals surface area (Å²) in [7, 11) is 0. The Kier molecular flexibility index (Phi) is 3.16. The van der Waals surface area contributed by atoms with Crippen LogP contribution in [0.3, 0.4) is 0 Å². The van der Waals surface area contributed by atoms with Crippen LogP contribution in [0.25, 0.3) is 0 Å². The quantitative estimate of drug-likeness (QED) is 0.614. The molecule has 1 fully saturated rings. The first-order valence-electron chi connectivity index (χ1n) is 5.29. The predicted molar refractivity (Wildman–Crippen MR) is 54.2 cm³/mol. The van der Waals surface area contributed by atoms with E-state index in [0.717, 1.165) is 23.9 Å². The van der Waals surface area contributed by atoms with Gasteiger partial charge in [-0.3, -0.25) is 4.90 Å². The third-order valence-corrected chi connectivity index (χ3v) is 3.38. The first-order valence-corrected chi connectivity index (χ1v) is 5.29. The van der Waals surface area contributed by atoms with Crippen molar-refractivity contribution in [2.45, 2.75) is 53.1 Å². The average Bonchev–Trinajstić information content (AvgIpc) is 2.30. The largest absolute Gasteiger partial charge is 0.298 e. The lowest BCUT2D eigenvalue weighted by molar-refractivity contribution is 0.179. The minimum absolute atomic E-state index is 0.726. The summed E-state index contributed by atoms with van der Waals surface area (Å²) in [6.07, 6.45) is 1.40. The molecule has 0 N–H and O–H groups in total. The van der Waals surface area contributed by atoms with Crippen molar-refractivity contribution >= 4 is 0 Å². The van der Waals surface area contributed by atoms with E-state index in [0.29, 0.717) is 0 Å². The van der Waals surface area contributed by atoms with Gasteiger partial charge in [0.2, 0.25) is 0 Å². The van der Waals surface area contributed by atoms with Crippen molar-refractivity contribution in [3.05, 3.63) is 0 Å². The van der Waals surface area contributed by atoms with E-state index in [4.69, 9.17) is 0 Å². The maximum atomic E-state index is 2.63. The van der Waals surface area contributed by atoms with Crippen LogP contribution in [-0.4, -0.2) is 23.5 Å². The third kappa shape index (κ3) is 1.82. The van der Waals surface area contributed by atoms with Crippen LogP contribution < -0.4 is 0 Å². The summed E-state index contributed by atoms with van der Waals surface area (Å²) in [5.74, 6) is 1.77. The molecular formula is C11H23N. The summed E-state index contributed by atoms with van der Waals surface area (Å²) in [4.78, 5) is 2.63. The summed E-state index contributed by atoms with van der Waals surface area (Å²) in [5, 5.41) is 0. The zero-order valence-electron chi connectivity index (χ0n) is 9.17. The van der Waals surface area contributed by atoms with Crippen molar-refractivity contribution in [2.75, 3.05) is 6.54 Å². The Morgan fingerprint density at radius 2 is 1.75 bits per heavy atom. The summed E-state index contributed by atoms with van der Waals surface area (Å²) in [5.41, 5.74) is 0. The van der Waals surface area contributed by atoms with E-state index in [1.165, 1.54) is 13.0 Å². The van der Waals surface area contributed by atoms with Gasteiger partial charge in [0.25, 0.3) is 0 Å². The van der Waals surface area contributed by atoms with Crippen LogP contribution >= 0.6 is 0 Å². The van der Waals surface area contributed by atoms with Crippen LogP contribution in [0, 0.1) is 11.8 Å². The molecule has 2 atom stereocenters. The summed E-state index contributed by atoms with van der Waals surface area (Å²) in [6, 6.07) is 1.52. The van der Waals surface area contributed by atoms with E-state index in [-0.39, 0.29) is 0 Å². The molecule has 1 saturated heterocycles. The second-order valence-electron chi connectivity index (χ2n) is 4.77. The highest BCUT2D eigenvalue weighted by atomic mass is 15.2. The van der Waals surface area contributed by atoms with Gasteiger partial charge < -0.3 is 0 Å². The Morgan fingerprint density at radius 1 is 1.17 bits per heavy atom. The monoisotopic (exact) mass is 169 g/mol. The second kappa shape index (κ2) is 3.78. The van der Waals surface area contributed by atoms with E-state index in [1.807, 2.05) is 0 Å². The van der Waals surface area contributed by atoms with Gasteiger partial charge in [0.15, 0.2) is 0 Å². The van der Waals surface area contributed by atoms with E-state index in [2.05, 4.69) is 39.5 Å². The molecule has 72 valence electrons. The molecule has 1 aliphatic heterocycles. The Labute approximate surface area is 77.1 Å². The summed E-state index contributed by atoms with van der Waals surface area (Å²) < 4.78 is 0. The highest BCUT2D eigenvalue weighted by Crippen LogP contribution is 2.31. The van der Waals surface area contributed by atoms with Gasteiger partial charge in [0.05, 0.1) is 0 Å². The average molecular weight is 169 g/mol. The van der Waals surface area contributed by atoms with Crippen molar-refractivity contribution in [1.29, 1.82) is 0 Å². The molecule has 0 aromatic carbocycles. The Hall–Kier alpha value is -0.0400. The van der Waals surface area contributed by atoms with Gasteiger partial charge in [-0.15, -0.1) is 0 Å². The molecular weight excluding hydrogens is 146 g/mol. The molecule has 0 spiro atoms. The zero-order valence-corrected chi connectivity index (χ0v) is 9.17. The predicted octanol–water partition coefficient (Wildman–Crippen LogP) is 2.76. The molecule has 0 saturated carbocycles. The molecule has 0 aromatic heterocycles. The summed E-state index contributed by atoms with van der Waals surface area (Å²) >= 11 is 0. The van der Waals surface area contributed by atoms with Crippen molar-refractivity contribution in [3.8, 4) is 0 Å². The van der Waals surface area contributed by atoms with Gasteiger partial charge in [0, 0.05) is 12.1 Å². The fourth-order valence-electron chi connectivity index (χ4n) is 2.61. The number of nitrogens with zero attached hydrogens (tertiary/aromatic N) is 1. The van der Waals surface area contributed by atoms with E-state index in [1.54, 1.807) is 0 Å². The van der Waals surface area contributed by atoms with Gasteiger partial charge in [-0.2, -0.15) is 0 Å². The summed E-state index contributed by atoms with van der Waals surface area (Å²) in [6.45, 7) is 13.0. The van der Waals surface area contributed by atoms with Crippen LogP contribution in [-0.2, 0) is 0 Å². The molecule has 1 rings (SSSR count). The lowest BCUT2D eigenvalue weighted by Crippen LogP contribution is -2.36. The van der Waals surface area contributed by atoms with Crippen LogP contribution in [0.1, 0.15) is 41.0 Å². The lowest BCUT2D eigenvalue weighted by Gasteiger charge is -2.29. The molecule has 0 radical (unpaired) electrons. The fraction of sp³-hybridized carbons (Fsp3) is 1.00. The molecule has 1 aliphatic rings. The van der Waals surface area contributed by atoms with Crippen LogP contribution in [0.4, 0.5) is 0 Å². The smallest absolute Gasteiger partial charge is 0.0101 e. The standard InChI is InChI=1S/C11H23N/c1-8(2)11-6-7-12(9(3)4)10(11)5/h8-11H,6-7H2,1-5H3/t10-,11-/m1/s1. The molecule has 0 aliphatic carbocycles. The number of hydrogen-bond acceptors (Lipinski definition) is 1. The molecule has 1 nitrogen and oxygen atoms in total. The molecule has 12 heavy (non-hydrogen) atoms. The van der Waals surface area contributed by atoms with Crippen molar-refractivity contribution in [1.82, 2.24) is 4.90 Å². The normalized spacial score (nSPS) is 32.2. The molecule has 1 heteroatoms. The molecule has 0 unspecified atom stereocenters.